The molecule has 0 radical (unpaired) electrons. The third-order valence-corrected chi connectivity index (χ3v) is 4.65. The lowest BCUT2D eigenvalue weighted by atomic mass is 10.0. The number of nitrogens with zero attached hydrogens (tertiary/aromatic N) is 1. The van der Waals surface area contributed by atoms with E-state index >= 15 is 0 Å². The summed E-state index contributed by atoms with van der Waals surface area (Å²) in [5.74, 6) is 0. The summed E-state index contributed by atoms with van der Waals surface area (Å²) in [6.45, 7) is 3.54. The summed E-state index contributed by atoms with van der Waals surface area (Å²) in [7, 11) is 4.42. The van der Waals surface area contributed by atoms with Gasteiger partial charge in [0.2, 0.25) is 16.1 Å². The van der Waals surface area contributed by atoms with Crippen LogP contribution < -0.4 is 0 Å². The Hall–Kier alpha value is 0.440. The van der Waals surface area contributed by atoms with E-state index in [2.05, 4.69) is 37.2 Å². The number of quaternary nitrogens is 1. The van der Waals surface area contributed by atoms with Crippen molar-refractivity contribution in [2.45, 2.75) is 103 Å². The molecule has 0 aliphatic heterocycles. The van der Waals surface area contributed by atoms with Gasteiger partial charge in [-0.3, -0.25) is 3.51 Å². The highest BCUT2D eigenvalue weighted by Crippen LogP contribution is 2.14. The van der Waals surface area contributed by atoms with Crippen molar-refractivity contribution in [2.24, 2.45) is 0 Å². The van der Waals surface area contributed by atoms with Crippen LogP contribution in [-0.4, -0.2) is 24.1 Å². The van der Waals surface area contributed by atoms with Crippen LogP contribution in [0, 0.1) is 0 Å². The van der Waals surface area contributed by atoms with Crippen LogP contribution in [0.4, 0.5) is 0 Å². The van der Waals surface area contributed by atoms with Crippen molar-refractivity contribution in [2.75, 3.05) is 20.6 Å². The zero-order valence-corrected chi connectivity index (χ0v) is 16.7. The van der Waals surface area contributed by atoms with E-state index in [0.717, 1.165) is 3.51 Å². The van der Waals surface area contributed by atoms with Crippen molar-refractivity contribution >= 4 is 16.1 Å². The molecule has 0 atom stereocenters. The van der Waals surface area contributed by atoms with Crippen molar-refractivity contribution in [1.29, 1.82) is 0 Å². The fraction of sp³-hybridized carbons (Fsp3) is 1.00. The fourth-order valence-electron chi connectivity index (χ4n) is 2.86. The monoisotopic (exact) mass is 362 g/mol. The Morgan fingerprint density at radius 1 is 0.524 bits per heavy atom. The molecule has 0 saturated carbocycles. The van der Waals surface area contributed by atoms with Crippen molar-refractivity contribution in [3.8, 4) is 0 Å². The van der Waals surface area contributed by atoms with Gasteiger partial charge in [0.1, 0.15) is 0 Å². The zero-order chi connectivity index (χ0) is 15.8. The average molecular weight is 363 g/mol. The Labute approximate surface area is 143 Å². The highest BCUT2D eigenvalue weighted by molar-refractivity contribution is 9.05. The lowest BCUT2D eigenvalue weighted by Gasteiger charge is -2.18. The summed E-state index contributed by atoms with van der Waals surface area (Å²) in [6.07, 6.45) is 21.7. The number of rotatable bonds is 16. The van der Waals surface area contributed by atoms with E-state index in [0.29, 0.717) is 0 Å². The first kappa shape index (κ1) is 21.4. The summed E-state index contributed by atoms with van der Waals surface area (Å²) < 4.78 is 0.936. The molecule has 0 aliphatic carbocycles. The minimum Gasteiger partial charge on any atom is -0.261 e. The number of hydrogen-bond acceptors (Lipinski definition) is 0. The predicted molar refractivity (Wildman–Crippen MR) is 101 cm³/mol. The van der Waals surface area contributed by atoms with Crippen LogP contribution in [0.5, 0.6) is 0 Å². The Bertz CT molecular complexity index is 198. The second-order valence-electron chi connectivity index (χ2n) is 7.21. The molecule has 21 heavy (non-hydrogen) atoms. The Kier molecular flexibility index (Phi) is 15.7. The summed E-state index contributed by atoms with van der Waals surface area (Å²) in [5.41, 5.74) is 0. The number of unbranched alkanes of at least 4 members (excludes halogenated alkanes) is 14. The van der Waals surface area contributed by atoms with Crippen LogP contribution in [0.1, 0.15) is 103 Å². The smallest absolute Gasteiger partial charge is 0.226 e. The van der Waals surface area contributed by atoms with Gasteiger partial charge in [0.05, 0.1) is 20.6 Å². The maximum Gasteiger partial charge on any atom is 0.226 e. The van der Waals surface area contributed by atoms with Crippen LogP contribution in [0.3, 0.4) is 0 Å². The molecule has 0 unspecified atom stereocenters. The van der Waals surface area contributed by atoms with Crippen LogP contribution >= 0.6 is 16.1 Å². The standard InChI is InChI=1S/C19H41BrN/c1-4-5-6-7-8-9-10-11-12-13-14-15-16-17-18-19-21(2,3)20/h4-19H2,1-3H3/q+1. The molecule has 0 aromatic heterocycles. The first-order chi connectivity index (χ1) is 10.1. The highest BCUT2D eigenvalue weighted by atomic mass is 79.9. The highest BCUT2D eigenvalue weighted by Gasteiger charge is 2.08. The summed E-state index contributed by atoms with van der Waals surface area (Å²) in [4.78, 5) is 0. The molecule has 0 aromatic rings. The van der Waals surface area contributed by atoms with E-state index in [1.54, 1.807) is 0 Å². The average Bonchev–Trinajstić information content (AvgIpc) is 2.42. The van der Waals surface area contributed by atoms with Gasteiger partial charge in [-0.1, -0.05) is 90.4 Å². The molecule has 0 amide bonds. The van der Waals surface area contributed by atoms with E-state index in [4.69, 9.17) is 0 Å². The van der Waals surface area contributed by atoms with Gasteiger partial charge in [0.25, 0.3) is 0 Å². The normalized spacial score (nSPS) is 12.0. The molecule has 0 fully saturated rings. The molecule has 0 spiro atoms. The van der Waals surface area contributed by atoms with E-state index in [-0.39, 0.29) is 0 Å². The van der Waals surface area contributed by atoms with E-state index < -0.39 is 0 Å². The molecule has 0 rings (SSSR count). The van der Waals surface area contributed by atoms with Crippen LogP contribution in [0.15, 0.2) is 0 Å². The van der Waals surface area contributed by atoms with Gasteiger partial charge >= 0.3 is 0 Å². The first-order valence-electron chi connectivity index (χ1n) is 9.59. The lowest BCUT2D eigenvalue weighted by Crippen LogP contribution is -2.27. The zero-order valence-electron chi connectivity index (χ0n) is 15.1. The number of hydrogen-bond donors (Lipinski definition) is 0. The van der Waals surface area contributed by atoms with Crippen LogP contribution in [0.25, 0.3) is 0 Å². The van der Waals surface area contributed by atoms with Crippen LogP contribution in [-0.2, 0) is 0 Å². The summed E-state index contributed by atoms with van der Waals surface area (Å²) >= 11 is 3.66. The second-order valence-corrected chi connectivity index (χ2v) is 9.13. The third-order valence-electron chi connectivity index (χ3n) is 4.29. The topological polar surface area (TPSA) is 0 Å². The van der Waals surface area contributed by atoms with E-state index in [9.17, 15) is 0 Å². The SMILES string of the molecule is CCCCCCCCCCCCCCCCC[N+](C)(C)Br. The Morgan fingerprint density at radius 3 is 1.10 bits per heavy atom. The van der Waals surface area contributed by atoms with Gasteiger partial charge in [-0.05, 0) is 12.8 Å². The van der Waals surface area contributed by atoms with Gasteiger partial charge in [-0.15, -0.1) is 0 Å². The maximum atomic E-state index is 3.66. The largest absolute Gasteiger partial charge is 0.261 e. The summed E-state index contributed by atoms with van der Waals surface area (Å²) in [5, 5.41) is 0. The van der Waals surface area contributed by atoms with Crippen molar-refractivity contribution in [3.63, 3.8) is 0 Å². The molecule has 0 aliphatic rings. The predicted octanol–water partition coefficient (Wildman–Crippen LogP) is 7.24. The van der Waals surface area contributed by atoms with Gasteiger partial charge in [0, 0.05) is 0 Å². The molecule has 0 heterocycles. The molecule has 0 saturated heterocycles. The third kappa shape index (κ3) is 20.4. The molecule has 0 N–H and O–H groups in total. The molecular formula is C19H41BrN+. The molecule has 128 valence electrons. The van der Waals surface area contributed by atoms with Crippen molar-refractivity contribution in [3.05, 3.63) is 0 Å². The molecule has 2 heteroatoms. The van der Waals surface area contributed by atoms with E-state index in [1.807, 2.05) is 0 Å². The van der Waals surface area contributed by atoms with Crippen molar-refractivity contribution < 1.29 is 3.51 Å². The van der Waals surface area contributed by atoms with Gasteiger partial charge in [-0.25, -0.2) is 0 Å². The lowest BCUT2D eigenvalue weighted by molar-refractivity contribution is -0.734. The Morgan fingerprint density at radius 2 is 0.810 bits per heavy atom. The second kappa shape index (κ2) is 15.3. The molecule has 0 bridgehead atoms. The van der Waals surface area contributed by atoms with Crippen LogP contribution in [0.2, 0.25) is 0 Å². The minimum absolute atomic E-state index is 0.936. The van der Waals surface area contributed by atoms with Gasteiger partial charge < -0.3 is 0 Å². The first-order valence-corrected chi connectivity index (χ1v) is 10.3. The quantitative estimate of drug-likeness (QED) is 0.200. The van der Waals surface area contributed by atoms with E-state index in [1.165, 1.54) is 103 Å². The van der Waals surface area contributed by atoms with Gasteiger partial charge in [-0.2, -0.15) is 0 Å². The molecule has 1 nitrogen and oxygen atoms in total. The fourth-order valence-corrected chi connectivity index (χ4v) is 3.11. The molecule has 0 aromatic carbocycles. The van der Waals surface area contributed by atoms with Gasteiger partial charge in [0.15, 0.2) is 0 Å². The molecular weight excluding hydrogens is 322 g/mol. The Balaban J connectivity index is 3.00. The number of halogens is 1. The summed E-state index contributed by atoms with van der Waals surface area (Å²) in [6, 6.07) is 0. The minimum atomic E-state index is 0.936. The van der Waals surface area contributed by atoms with Crippen molar-refractivity contribution in [1.82, 2.24) is 0 Å². The maximum absolute atomic E-state index is 3.66.